The van der Waals surface area contributed by atoms with Crippen molar-refractivity contribution in [1.82, 2.24) is 0 Å². The third-order valence-electron chi connectivity index (χ3n) is 4.47. The van der Waals surface area contributed by atoms with E-state index in [2.05, 4.69) is 37.3 Å². The number of allylic oxidation sites excluding steroid dienone is 1. The fourth-order valence-electron chi connectivity index (χ4n) is 3.19. The standard InChI is InChI=1S/C21H22O2/c1-4-14-13-19(18-8-6-5-7-17(14)18)15-9-11-16(12-10-15)20(22)21(2,3)23/h5-14,23H,4H2,1-3H3. The number of hydrogen-bond acceptors (Lipinski definition) is 2. The molecule has 0 amide bonds. The Kier molecular flexibility index (Phi) is 3.95. The number of Topliss-reactive ketones (excluding diaryl/α,β-unsaturated/α-hetero) is 1. The van der Waals surface area contributed by atoms with Crippen molar-refractivity contribution < 1.29 is 9.90 Å². The summed E-state index contributed by atoms with van der Waals surface area (Å²) in [6.07, 6.45) is 3.40. The Hall–Kier alpha value is -2.19. The Balaban J connectivity index is 1.96. The van der Waals surface area contributed by atoms with Crippen molar-refractivity contribution in [2.24, 2.45) is 0 Å². The molecule has 118 valence electrons. The second kappa shape index (κ2) is 5.78. The van der Waals surface area contributed by atoms with E-state index in [1.807, 2.05) is 12.1 Å². The summed E-state index contributed by atoms with van der Waals surface area (Å²) in [5, 5.41) is 9.86. The predicted octanol–water partition coefficient (Wildman–Crippen LogP) is 4.58. The van der Waals surface area contributed by atoms with Gasteiger partial charge in [-0.1, -0.05) is 61.5 Å². The highest BCUT2D eigenvalue weighted by Crippen LogP contribution is 2.40. The molecule has 0 radical (unpaired) electrons. The number of ketones is 1. The van der Waals surface area contributed by atoms with Crippen molar-refractivity contribution in [3.05, 3.63) is 76.9 Å². The molecule has 0 bridgehead atoms. The molecule has 1 aliphatic rings. The summed E-state index contributed by atoms with van der Waals surface area (Å²) in [6, 6.07) is 16.1. The number of rotatable bonds is 4. The first-order valence-corrected chi connectivity index (χ1v) is 8.10. The third-order valence-corrected chi connectivity index (χ3v) is 4.47. The van der Waals surface area contributed by atoms with Crippen molar-refractivity contribution >= 4 is 11.4 Å². The maximum atomic E-state index is 12.1. The topological polar surface area (TPSA) is 37.3 Å². The smallest absolute Gasteiger partial charge is 0.193 e. The van der Waals surface area contributed by atoms with Gasteiger partial charge in [-0.3, -0.25) is 4.79 Å². The van der Waals surface area contributed by atoms with Crippen LogP contribution in [0.5, 0.6) is 0 Å². The monoisotopic (exact) mass is 306 g/mol. The van der Waals surface area contributed by atoms with Gasteiger partial charge in [-0.25, -0.2) is 0 Å². The molecule has 0 heterocycles. The third kappa shape index (κ3) is 2.87. The summed E-state index contributed by atoms with van der Waals surface area (Å²) in [6.45, 7) is 5.24. The molecule has 23 heavy (non-hydrogen) atoms. The van der Waals surface area contributed by atoms with Gasteiger partial charge in [0.05, 0.1) is 0 Å². The van der Waals surface area contributed by atoms with Gasteiger partial charge >= 0.3 is 0 Å². The van der Waals surface area contributed by atoms with Gasteiger partial charge in [-0.05, 0) is 42.5 Å². The fraction of sp³-hybridized carbons (Fsp3) is 0.286. The van der Waals surface area contributed by atoms with Crippen LogP contribution in [0, 0.1) is 0 Å². The normalized spacial score (nSPS) is 16.9. The minimum absolute atomic E-state index is 0.253. The van der Waals surface area contributed by atoms with Crippen molar-refractivity contribution in [1.29, 1.82) is 0 Å². The highest BCUT2D eigenvalue weighted by molar-refractivity contribution is 6.02. The molecular weight excluding hydrogens is 284 g/mol. The van der Waals surface area contributed by atoms with Crippen LogP contribution in [0.2, 0.25) is 0 Å². The lowest BCUT2D eigenvalue weighted by Gasteiger charge is -2.15. The molecule has 1 atom stereocenters. The highest BCUT2D eigenvalue weighted by atomic mass is 16.3. The number of carbonyl (C=O) groups is 1. The Bertz CT molecular complexity index is 761. The predicted molar refractivity (Wildman–Crippen MR) is 93.6 cm³/mol. The zero-order valence-electron chi connectivity index (χ0n) is 13.8. The van der Waals surface area contributed by atoms with Gasteiger partial charge in [0.2, 0.25) is 0 Å². The minimum Gasteiger partial charge on any atom is -0.382 e. The van der Waals surface area contributed by atoms with Crippen LogP contribution in [0.1, 0.15) is 60.2 Å². The van der Waals surface area contributed by atoms with E-state index >= 15 is 0 Å². The number of aliphatic hydroxyl groups is 1. The molecule has 2 heteroatoms. The number of carbonyl (C=O) groups excluding carboxylic acids is 1. The molecule has 3 rings (SSSR count). The van der Waals surface area contributed by atoms with Crippen LogP contribution in [0.25, 0.3) is 5.57 Å². The van der Waals surface area contributed by atoms with E-state index in [4.69, 9.17) is 0 Å². The fourth-order valence-corrected chi connectivity index (χ4v) is 3.19. The lowest BCUT2D eigenvalue weighted by Crippen LogP contribution is -2.30. The molecule has 0 aromatic heterocycles. The van der Waals surface area contributed by atoms with Gasteiger partial charge in [0.1, 0.15) is 5.60 Å². The number of benzene rings is 2. The van der Waals surface area contributed by atoms with Crippen LogP contribution in [0.3, 0.4) is 0 Å². The van der Waals surface area contributed by atoms with Crippen LogP contribution in [-0.2, 0) is 0 Å². The molecule has 2 aromatic carbocycles. The number of hydrogen-bond donors (Lipinski definition) is 1. The maximum Gasteiger partial charge on any atom is 0.193 e. The molecule has 0 spiro atoms. The van der Waals surface area contributed by atoms with E-state index in [0.29, 0.717) is 11.5 Å². The molecule has 1 unspecified atom stereocenters. The first kappa shape index (κ1) is 15.7. The van der Waals surface area contributed by atoms with Gasteiger partial charge < -0.3 is 5.11 Å². The summed E-state index contributed by atoms with van der Waals surface area (Å²) < 4.78 is 0. The first-order chi connectivity index (χ1) is 10.9. The Morgan fingerprint density at radius 2 is 1.74 bits per heavy atom. The van der Waals surface area contributed by atoms with Crippen molar-refractivity contribution in [3.63, 3.8) is 0 Å². The summed E-state index contributed by atoms with van der Waals surface area (Å²) in [5.41, 5.74) is 4.20. The zero-order chi connectivity index (χ0) is 16.6. The average molecular weight is 306 g/mol. The average Bonchev–Trinajstić information content (AvgIpc) is 2.92. The lowest BCUT2D eigenvalue weighted by atomic mass is 9.93. The van der Waals surface area contributed by atoms with E-state index in [1.165, 1.54) is 30.5 Å². The molecular formula is C21H22O2. The van der Waals surface area contributed by atoms with Crippen LogP contribution in [0.4, 0.5) is 0 Å². The Morgan fingerprint density at radius 3 is 2.35 bits per heavy atom. The largest absolute Gasteiger partial charge is 0.382 e. The van der Waals surface area contributed by atoms with Crippen molar-refractivity contribution in [3.8, 4) is 0 Å². The van der Waals surface area contributed by atoms with E-state index in [0.717, 1.165) is 12.0 Å². The lowest BCUT2D eigenvalue weighted by molar-refractivity contribution is 0.0488. The SMILES string of the molecule is CCC1C=C(c2ccc(C(=O)C(C)(C)O)cc2)c2ccccc21. The Morgan fingerprint density at radius 1 is 1.09 bits per heavy atom. The molecule has 2 nitrogen and oxygen atoms in total. The Labute approximate surface area is 137 Å². The molecule has 0 aliphatic heterocycles. The van der Waals surface area contributed by atoms with Gasteiger partial charge in [0.15, 0.2) is 5.78 Å². The molecule has 0 saturated heterocycles. The molecule has 0 saturated carbocycles. The molecule has 0 fully saturated rings. The van der Waals surface area contributed by atoms with Crippen molar-refractivity contribution in [2.45, 2.75) is 38.7 Å². The van der Waals surface area contributed by atoms with Gasteiger partial charge in [-0.2, -0.15) is 0 Å². The van der Waals surface area contributed by atoms with Crippen LogP contribution in [-0.4, -0.2) is 16.5 Å². The quantitative estimate of drug-likeness (QED) is 0.840. The van der Waals surface area contributed by atoms with E-state index in [1.54, 1.807) is 12.1 Å². The second-order valence-electron chi connectivity index (χ2n) is 6.65. The second-order valence-corrected chi connectivity index (χ2v) is 6.65. The van der Waals surface area contributed by atoms with Gasteiger partial charge in [0.25, 0.3) is 0 Å². The summed E-state index contributed by atoms with van der Waals surface area (Å²) in [5.74, 6) is 0.204. The zero-order valence-corrected chi connectivity index (χ0v) is 13.8. The molecule has 1 N–H and O–H groups in total. The van der Waals surface area contributed by atoms with E-state index < -0.39 is 5.60 Å². The van der Waals surface area contributed by atoms with Gasteiger partial charge in [0, 0.05) is 11.5 Å². The van der Waals surface area contributed by atoms with Crippen LogP contribution in [0.15, 0.2) is 54.6 Å². The maximum absolute atomic E-state index is 12.1. The minimum atomic E-state index is -1.34. The molecule has 1 aliphatic carbocycles. The van der Waals surface area contributed by atoms with E-state index in [-0.39, 0.29) is 5.78 Å². The van der Waals surface area contributed by atoms with Crippen LogP contribution >= 0.6 is 0 Å². The molecule has 2 aromatic rings. The summed E-state index contributed by atoms with van der Waals surface area (Å²) in [7, 11) is 0. The van der Waals surface area contributed by atoms with E-state index in [9.17, 15) is 9.90 Å². The van der Waals surface area contributed by atoms with Crippen LogP contribution < -0.4 is 0 Å². The van der Waals surface area contributed by atoms with Crippen molar-refractivity contribution in [2.75, 3.05) is 0 Å². The summed E-state index contributed by atoms with van der Waals surface area (Å²) in [4.78, 5) is 12.1. The van der Waals surface area contributed by atoms with Gasteiger partial charge in [-0.15, -0.1) is 0 Å². The highest BCUT2D eigenvalue weighted by Gasteiger charge is 2.26. The number of fused-ring (bicyclic) bond motifs is 1. The summed E-state index contributed by atoms with van der Waals surface area (Å²) >= 11 is 0. The first-order valence-electron chi connectivity index (χ1n) is 8.10.